The molecule has 0 fully saturated rings. The van der Waals surface area contributed by atoms with Gasteiger partial charge in [-0.1, -0.05) is 0 Å². The second-order valence-corrected chi connectivity index (χ2v) is 0.671. The second-order valence-electron chi connectivity index (χ2n) is 0.671. The number of rotatable bonds is 1. The van der Waals surface area contributed by atoms with Crippen molar-refractivity contribution < 1.29 is 37.7 Å². The molecule has 0 aliphatic carbocycles. The number of aliphatic hydroxyl groups is 2. The monoisotopic (exact) mass is 231 g/mol. The summed E-state index contributed by atoms with van der Waals surface area (Å²) in [5.74, 6) is 0. The van der Waals surface area contributed by atoms with Crippen molar-refractivity contribution >= 4 is 0 Å². The van der Waals surface area contributed by atoms with Gasteiger partial charge in [0, 0.05) is 0 Å². The molecule has 0 aliphatic heterocycles. The SMILES string of the molecule is O=[N+]([O-])[O-].OCCO.[Ag+]. The quantitative estimate of drug-likeness (QED) is 0.333. The Labute approximate surface area is 66.7 Å². The van der Waals surface area contributed by atoms with Crippen LogP contribution in [0.1, 0.15) is 0 Å². The first-order valence-electron chi connectivity index (χ1n) is 1.68. The molecule has 0 bridgehead atoms. The first kappa shape index (κ1) is 15.9. The minimum Gasteiger partial charge on any atom is -0.394 e. The second kappa shape index (κ2) is 15.7. The largest absolute Gasteiger partial charge is 1.00 e. The summed E-state index contributed by atoms with van der Waals surface area (Å²) in [6, 6.07) is 0. The third-order valence-electron chi connectivity index (χ3n) is 0.1000. The predicted molar refractivity (Wildman–Crippen MR) is 24.5 cm³/mol. The molecule has 0 radical (unpaired) electrons. The first-order valence-corrected chi connectivity index (χ1v) is 1.68. The Morgan fingerprint density at radius 1 is 1.22 bits per heavy atom. The fraction of sp³-hybridized carbons (Fsp3) is 1.00. The summed E-state index contributed by atoms with van der Waals surface area (Å²) in [5.41, 5.74) is 0. The smallest absolute Gasteiger partial charge is 0.394 e. The summed E-state index contributed by atoms with van der Waals surface area (Å²) in [5, 5.41) is 30.0. The summed E-state index contributed by atoms with van der Waals surface area (Å²) in [6.45, 7) is -0.250. The Bertz CT molecular complexity index is 52.9. The van der Waals surface area contributed by atoms with Crippen molar-refractivity contribution in [2.24, 2.45) is 0 Å². The van der Waals surface area contributed by atoms with E-state index in [1.54, 1.807) is 0 Å². The molecular weight excluding hydrogens is 226 g/mol. The Kier molecular flexibility index (Phi) is 27.7. The third-order valence-corrected chi connectivity index (χ3v) is 0.1000. The molecule has 0 heterocycles. The Morgan fingerprint density at radius 2 is 1.33 bits per heavy atom. The van der Waals surface area contributed by atoms with Gasteiger partial charge in [-0.3, -0.25) is 0 Å². The summed E-state index contributed by atoms with van der Waals surface area (Å²) in [6.07, 6.45) is 0. The zero-order chi connectivity index (χ0) is 6.99. The van der Waals surface area contributed by atoms with Gasteiger partial charge < -0.3 is 25.5 Å². The van der Waals surface area contributed by atoms with Crippen LogP contribution in [-0.4, -0.2) is 28.5 Å². The van der Waals surface area contributed by atoms with E-state index >= 15 is 0 Å². The Morgan fingerprint density at radius 3 is 1.33 bits per heavy atom. The zero-order valence-corrected chi connectivity index (χ0v) is 5.76. The fourth-order valence-corrected chi connectivity index (χ4v) is 0. The molecule has 0 aromatic heterocycles. The summed E-state index contributed by atoms with van der Waals surface area (Å²) < 4.78 is 0. The predicted octanol–water partition coefficient (Wildman–Crippen LogP) is -1.27. The van der Waals surface area contributed by atoms with Crippen LogP contribution in [0.25, 0.3) is 0 Å². The van der Waals surface area contributed by atoms with E-state index in [1.165, 1.54) is 0 Å². The van der Waals surface area contributed by atoms with Gasteiger partial charge in [-0.2, -0.15) is 0 Å². The van der Waals surface area contributed by atoms with Gasteiger partial charge in [0.15, 0.2) is 0 Å². The normalized spacial score (nSPS) is 6.00. The standard InChI is InChI=1S/C2H6O2.Ag.NO3/c3-1-2-4;;2-1(3)4/h3-4H,1-2H2;;/q;+1;-1. The van der Waals surface area contributed by atoms with E-state index in [1.807, 2.05) is 0 Å². The van der Waals surface area contributed by atoms with Gasteiger partial charge in [-0.15, -0.1) is 0 Å². The van der Waals surface area contributed by atoms with Crippen molar-refractivity contribution in [2.45, 2.75) is 0 Å². The molecule has 0 spiro atoms. The molecule has 0 aromatic rings. The van der Waals surface area contributed by atoms with Crippen LogP contribution in [0.3, 0.4) is 0 Å². The van der Waals surface area contributed by atoms with Crippen molar-refractivity contribution in [3.05, 3.63) is 15.3 Å². The maximum absolute atomic E-state index is 8.25. The van der Waals surface area contributed by atoms with Crippen LogP contribution in [0.4, 0.5) is 0 Å². The third kappa shape index (κ3) is 365. The molecule has 0 amide bonds. The zero-order valence-electron chi connectivity index (χ0n) is 4.28. The molecule has 60 valence electrons. The van der Waals surface area contributed by atoms with Crippen molar-refractivity contribution in [3.8, 4) is 0 Å². The molecule has 0 rings (SSSR count). The van der Waals surface area contributed by atoms with Gasteiger partial charge in [0.2, 0.25) is 0 Å². The van der Waals surface area contributed by atoms with Crippen LogP contribution in [0.15, 0.2) is 0 Å². The van der Waals surface area contributed by atoms with Gasteiger partial charge in [-0.05, 0) is 0 Å². The summed E-state index contributed by atoms with van der Waals surface area (Å²) >= 11 is 0. The van der Waals surface area contributed by atoms with E-state index in [2.05, 4.69) is 0 Å². The van der Waals surface area contributed by atoms with Gasteiger partial charge in [0.25, 0.3) is 0 Å². The van der Waals surface area contributed by atoms with E-state index in [4.69, 9.17) is 25.5 Å². The van der Waals surface area contributed by atoms with Gasteiger partial charge in [0.1, 0.15) is 0 Å². The summed E-state index contributed by atoms with van der Waals surface area (Å²) in [7, 11) is 0. The number of hydrogen-bond donors (Lipinski definition) is 2. The number of hydrogen-bond acceptors (Lipinski definition) is 5. The van der Waals surface area contributed by atoms with Crippen LogP contribution in [0.5, 0.6) is 0 Å². The molecule has 0 saturated heterocycles. The average molecular weight is 232 g/mol. The van der Waals surface area contributed by atoms with E-state index in [0.717, 1.165) is 0 Å². The average Bonchev–Trinajstić information content (AvgIpc) is 1.65. The van der Waals surface area contributed by atoms with Gasteiger partial charge in [-0.25, -0.2) is 0 Å². The first-order chi connectivity index (χ1) is 3.65. The van der Waals surface area contributed by atoms with Crippen molar-refractivity contribution in [3.63, 3.8) is 0 Å². The van der Waals surface area contributed by atoms with E-state index in [0.29, 0.717) is 0 Å². The van der Waals surface area contributed by atoms with E-state index in [9.17, 15) is 0 Å². The maximum Gasteiger partial charge on any atom is 1.00 e. The van der Waals surface area contributed by atoms with E-state index in [-0.39, 0.29) is 35.6 Å². The van der Waals surface area contributed by atoms with Crippen LogP contribution in [0, 0.1) is 15.3 Å². The van der Waals surface area contributed by atoms with E-state index < -0.39 is 5.09 Å². The number of nitrogens with zero attached hydrogens (tertiary/aromatic N) is 1. The minimum absolute atomic E-state index is 0. The molecule has 2 N–H and O–H groups in total. The molecule has 0 saturated carbocycles. The van der Waals surface area contributed by atoms with Crippen molar-refractivity contribution in [2.75, 3.05) is 13.2 Å². The van der Waals surface area contributed by atoms with Gasteiger partial charge in [0.05, 0.1) is 18.3 Å². The molecule has 9 heavy (non-hydrogen) atoms. The maximum atomic E-state index is 8.25. The Balaban J connectivity index is -0.0000000720. The summed E-state index contributed by atoms with van der Waals surface area (Å²) in [4.78, 5) is 8.25. The molecular formula is C2H6AgNO5. The molecule has 0 atom stereocenters. The number of aliphatic hydroxyl groups excluding tert-OH is 2. The molecule has 7 heteroatoms. The topological polar surface area (TPSA) is 107 Å². The van der Waals surface area contributed by atoms with Crippen molar-refractivity contribution in [1.29, 1.82) is 0 Å². The molecule has 0 unspecified atom stereocenters. The Hall–Kier alpha value is -0.140. The van der Waals surface area contributed by atoms with Crippen LogP contribution >= 0.6 is 0 Å². The van der Waals surface area contributed by atoms with Crippen LogP contribution in [-0.2, 0) is 22.4 Å². The molecule has 6 nitrogen and oxygen atoms in total. The van der Waals surface area contributed by atoms with Crippen molar-refractivity contribution in [1.82, 2.24) is 0 Å². The van der Waals surface area contributed by atoms with Crippen LogP contribution < -0.4 is 0 Å². The molecule has 0 aromatic carbocycles. The van der Waals surface area contributed by atoms with Crippen LogP contribution in [0.2, 0.25) is 0 Å². The molecule has 0 aliphatic rings. The minimum atomic E-state index is -1.75. The fourth-order valence-electron chi connectivity index (χ4n) is 0. The van der Waals surface area contributed by atoms with Gasteiger partial charge >= 0.3 is 22.4 Å².